The van der Waals surface area contributed by atoms with Crippen LogP contribution in [0.4, 0.5) is 11.6 Å². The minimum Gasteiger partial charge on any atom is -0.443 e. The second-order valence-corrected chi connectivity index (χ2v) is 6.64. The van der Waals surface area contributed by atoms with Crippen molar-refractivity contribution in [2.75, 3.05) is 16.8 Å². The molecular formula is C20H19N3O4. The molecule has 1 unspecified atom stereocenters. The molecule has 1 aromatic heterocycles. The van der Waals surface area contributed by atoms with Gasteiger partial charge in [-0.3, -0.25) is 19.7 Å². The summed E-state index contributed by atoms with van der Waals surface area (Å²) >= 11 is 0. The molecule has 1 aromatic carbocycles. The molecule has 0 spiro atoms. The van der Waals surface area contributed by atoms with Gasteiger partial charge in [0.15, 0.2) is 5.78 Å². The maximum absolute atomic E-state index is 12.6. The summed E-state index contributed by atoms with van der Waals surface area (Å²) in [6.45, 7) is 5.10. The number of nitrogens with zero attached hydrogens (tertiary/aromatic N) is 2. The Labute approximate surface area is 156 Å². The van der Waals surface area contributed by atoms with Crippen molar-refractivity contribution in [3.05, 3.63) is 46.7 Å². The molecule has 1 saturated heterocycles. The van der Waals surface area contributed by atoms with Gasteiger partial charge in [0.1, 0.15) is 17.4 Å². The minimum atomic E-state index is -0.573. The minimum absolute atomic E-state index is 0.00747. The van der Waals surface area contributed by atoms with Crippen molar-refractivity contribution in [2.45, 2.75) is 27.2 Å². The second-order valence-electron chi connectivity index (χ2n) is 6.64. The number of anilines is 2. The van der Waals surface area contributed by atoms with E-state index in [2.05, 4.69) is 5.32 Å². The van der Waals surface area contributed by atoms with Crippen LogP contribution < -0.4 is 10.2 Å². The van der Waals surface area contributed by atoms with Crippen LogP contribution in [0.1, 0.15) is 40.6 Å². The predicted molar refractivity (Wildman–Crippen MR) is 98.4 cm³/mol. The van der Waals surface area contributed by atoms with E-state index in [1.54, 1.807) is 11.8 Å². The first kappa shape index (κ1) is 18.4. The molecule has 1 aliphatic rings. The van der Waals surface area contributed by atoms with Crippen LogP contribution in [0.2, 0.25) is 0 Å². The fourth-order valence-electron chi connectivity index (χ4n) is 3.23. The van der Waals surface area contributed by atoms with Crippen LogP contribution in [0.15, 0.2) is 28.7 Å². The highest BCUT2D eigenvalue weighted by Crippen LogP contribution is 2.30. The Kier molecular flexibility index (Phi) is 4.82. The van der Waals surface area contributed by atoms with Crippen LogP contribution in [-0.2, 0) is 9.59 Å². The van der Waals surface area contributed by atoms with Gasteiger partial charge in [-0.15, -0.1) is 0 Å². The highest BCUT2D eigenvalue weighted by atomic mass is 16.4. The summed E-state index contributed by atoms with van der Waals surface area (Å²) < 4.78 is 5.41. The molecule has 2 amide bonds. The Balaban J connectivity index is 1.77. The zero-order valence-electron chi connectivity index (χ0n) is 15.3. The van der Waals surface area contributed by atoms with Crippen molar-refractivity contribution in [3.63, 3.8) is 0 Å². The normalized spacial score (nSPS) is 16.3. The van der Waals surface area contributed by atoms with Gasteiger partial charge in [0, 0.05) is 18.7 Å². The van der Waals surface area contributed by atoms with Gasteiger partial charge in [0.25, 0.3) is 0 Å². The molecule has 1 aliphatic heterocycles. The van der Waals surface area contributed by atoms with Crippen molar-refractivity contribution in [3.8, 4) is 6.07 Å². The van der Waals surface area contributed by atoms with Gasteiger partial charge in [0.2, 0.25) is 17.7 Å². The third-order valence-electron chi connectivity index (χ3n) is 4.63. The topological polar surface area (TPSA) is 103 Å². The van der Waals surface area contributed by atoms with E-state index in [1.807, 2.05) is 37.3 Å². The number of carbonyl (C=O) groups is 3. The average Bonchev–Trinajstić information content (AvgIpc) is 3.15. The molecule has 7 heteroatoms. The number of amides is 2. The predicted octanol–water partition coefficient (Wildman–Crippen LogP) is 2.96. The summed E-state index contributed by atoms with van der Waals surface area (Å²) in [6, 6.07) is 9.41. The van der Waals surface area contributed by atoms with E-state index < -0.39 is 11.8 Å². The Morgan fingerprint density at radius 3 is 2.52 bits per heavy atom. The van der Waals surface area contributed by atoms with E-state index >= 15 is 0 Å². The monoisotopic (exact) mass is 365 g/mol. The molecule has 7 nitrogen and oxygen atoms in total. The molecule has 2 heterocycles. The lowest BCUT2D eigenvalue weighted by molar-refractivity contribution is -0.122. The molecule has 1 fully saturated rings. The quantitative estimate of drug-likeness (QED) is 0.839. The molecule has 3 rings (SSSR count). The summed E-state index contributed by atoms with van der Waals surface area (Å²) in [4.78, 5) is 38.2. The summed E-state index contributed by atoms with van der Waals surface area (Å²) in [7, 11) is 0. The Morgan fingerprint density at radius 2 is 1.93 bits per heavy atom. The summed E-state index contributed by atoms with van der Waals surface area (Å²) in [6.07, 6.45) is 0.0703. The van der Waals surface area contributed by atoms with Crippen molar-refractivity contribution in [2.24, 2.45) is 5.92 Å². The van der Waals surface area contributed by atoms with E-state index in [1.165, 1.54) is 6.92 Å². The number of nitriles is 1. The highest BCUT2D eigenvalue weighted by Gasteiger charge is 2.36. The van der Waals surface area contributed by atoms with E-state index in [0.717, 1.165) is 11.3 Å². The van der Waals surface area contributed by atoms with Crippen molar-refractivity contribution in [1.82, 2.24) is 0 Å². The Hall–Kier alpha value is -3.40. The number of Topliss-reactive ketones (excluding diaryl/α,β-unsaturated/α-hetero) is 1. The maximum Gasteiger partial charge on any atom is 0.232 e. The van der Waals surface area contributed by atoms with Crippen LogP contribution >= 0.6 is 0 Å². The van der Waals surface area contributed by atoms with Gasteiger partial charge >= 0.3 is 0 Å². The molecule has 138 valence electrons. The zero-order valence-corrected chi connectivity index (χ0v) is 15.3. The number of benzene rings is 1. The van der Waals surface area contributed by atoms with Crippen LogP contribution in [0.25, 0.3) is 0 Å². The Bertz CT molecular complexity index is 966. The first-order valence-electron chi connectivity index (χ1n) is 8.54. The van der Waals surface area contributed by atoms with Crippen LogP contribution in [0.3, 0.4) is 0 Å². The van der Waals surface area contributed by atoms with E-state index in [9.17, 15) is 19.6 Å². The first-order valence-corrected chi connectivity index (χ1v) is 8.54. The van der Waals surface area contributed by atoms with Crippen LogP contribution in [0, 0.1) is 31.1 Å². The lowest BCUT2D eigenvalue weighted by Gasteiger charge is -2.16. The van der Waals surface area contributed by atoms with Gasteiger partial charge in [0.05, 0.1) is 11.5 Å². The standard InChI is InChI=1S/C20H19N3O4/c1-11-4-6-15(7-5-11)23-10-14(8-17(23)25)19(26)22-20-16(9-21)18(12(2)24)13(3)27-20/h4-7,14H,8,10H2,1-3H3,(H,22,26). The molecule has 0 radical (unpaired) electrons. The third kappa shape index (κ3) is 3.47. The smallest absolute Gasteiger partial charge is 0.232 e. The second kappa shape index (κ2) is 7.08. The van der Waals surface area contributed by atoms with Gasteiger partial charge in [-0.2, -0.15) is 5.26 Å². The van der Waals surface area contributed by atoms with Crippen molar-refractivity contribution >= 4 is 29.2 Å². The zero-order chi connectivity index (χ0) is 19.7. The third-order valence-corrected chi connectivity index (χ3v) is 4.63. The van der Waals surface area contributed by atoms with Crippen LogP contribution in [0.5, 0.6) is 0 Å². The summed E-state index contributed by atoms with van der Waals surface area (Å²) in [5, 5.41) is 11.9. The molecule has 1 N–H and O–H groups in total. The first-order chi connectivity index (χ1) is 12.8. The van der Waals surface area contributed by atoms with Gasteiger partial charge in [-0.25, -0.2) is 0 Å². The van der Waals surface area contributed by atoms with Gasteiger partial charge < -0.3 is 9.32 Å². The number of aryl methyl sites for hydroxylation is 2. The molecule has 1 atom stereocenters. The number of rotatable bonds is 4. The van der Waals surface area contributed by atoms with Gasteiger partial charge in [-0.05, 0) is 32.9 Å². The summed E-state index contributed by atoms with van der Waals surface area (Å²) in [5.74, 6) is -1.21. The number of ketones is 1. The number of nitrogens with one attached hydrogen (secondary N) is 1. The number of hydrogen-bond donors (Lipinski definition) is 1. The van der Waals surface area contributed by atoms with E-state index in [0.29, 0.717) is 0 Å². The fourth-order valence-corrected chi connectivity index (χ4v) is 3.23. The lowest BCUT2D eigenvalue weighted by Crippen LogP contribution is -2.28. The fraction of sp³-hybridized carbons (Fsp3) is 0.300. The summed E-state index contributed by atoms with van der Waals surface area (Å²) in [5.41, 5.74) is 1.99. The number of hydrogen-bond acceptors (Lipinski definition) is 5. The number of furan rings is 1. The average molecular weight is 365 g/mol. The molecule has 27 heavy (non-hydrogen) atoms. The largest absolute Gasteiger partial charge is 0.443 e. The highest BCUT2D eigenvalue weighted by molar-refractivity contribution is 6.05. The van der Waals surface area contributed by atoms with Crippen molar-refractivity contribution < 1.29 is 18.8 Å². The Morgan fingerprint density at radius 1 is 1.26 bits per heavy atom. The van der Waals surface area contributed by atoms with Crippen LogP contribution in [-0.4, -0.2) is 24.1 Å². The number of carbonyl (C=O) groups excluding carboxylic acids is 3. The molecule has 0 aliphatic carbocycles. The van der Waals surface area contributed by atoms with E-state index in [-0.39, 0.29) is 47.4 Å². The molecule has 0 saturated carbocycles. The van der Waals surface area contributed by atoms with Gasteiger partial charge in [-0.1, -0.05) is 17.7 Å². The molecule has 2 aromatic rings. The van der Waals surface area contributed by atoms with E-state index in [4.69, 9.17) is 4.42 Å². The molecular weight excluding hydrogens is 346 g/mol. The molecule has 0 bridgehead atoms. The SMILES string of the molecule is CC(=O)c1c(C)oc(NC(=O)C2CC(=O)N(c3ccc(C)cc3)C2)c1C#N. The van der Waals surface area contributed by atoms with Crippen molar-refractivity contribution in [1.29, 1.82) is 5.26 Å². The lowest BCUT2D eigenvalue weighted by atomic mass is 10.1. The maximum atomic E-state index is 12.6.